The fourth-order valence-electron chi connectivity index (χ4n) is 3.43. The van der Waals surface area contributed by atoms with E-state index in [2.05, 4.69) is 16.8 Å². The average molecular weight is 325 g/mol. The van der Waals surface area contributed by atoms with E-state index < -0.39 is 11.7 Å². The van der Waals surface area contributed by atoms with Gasteiger partial charge in [-0.05, 0) is 47.0 Å². The van der Waals surface area contributed by atoms with Gasteiger partial charge in [0, 0.05) is 23.8 Å². The first kappa shape index (κ1) is 14.1. The van der Waals surface area contributed by atoms with Crippen molar-refractivity contribution < 1.29 is 17.9 Å². The molecule has 0 bridgehead atoms. The third-order valence-corrected chi connectivity index (χ3v) is 5.17. The first-order valence-electron chi connectivity index (χ1n) is 7.15. The van der Waals surface area contributed by atoms with Gasteiger partial charge in [-0.1, -0.05) is 0 Å². The molecule has 3 atom stereocenters. The number of halogens is 3. The molecule has 2 aromatic rings. The maximum absolute atomic E-state index is 12.9. The number of thiophene rings is 1. The number of fused-ring (bicyclic) bond motifs is 3. The Bertz CT molecular complexity index is 683. The molecule has 6 heteroatoms. The third-order valence-electron chi connectivity index (χ3n) is 4.46. The molecule has 0 saturated carbocycles. The van der Waals surface area contributed by atoms with Crippen LogP contribution in [0.4, 0.5) is 18.9 Å². The number of hydrogen-bond donors (Lipinski definition) is 1. The summed E-state index contributed by atoms with van der Waals surface area (Å²) in [5, 5.41) is 7.51. The summed E-state index contributed by atoms with van der Waals surface area (Å²) in [6.07, 6.45) is -3.73. The average Bonchev–Trinajstić information content (AvgIpc) is 3.16. The van der Waals surface area contributed by atoms with E-state index >= 15 is 0 Å². The van der Waals surface area contributed by atoms with Crippen molar-refractivity contribution in [3.05, 3.63) is 51.7 Å². The summed E-state index contributed by atoms with van der Waals surface area (Å²) in [6, 6.07) is 6.05. The quantitative estimate of drug-likeness (QED) is 0.795. The predicted octanol–water partition coefficient (Wildman–Crippen LogP) is 5.01. The van der Waals surface area contributed by atoms with Gasteiger partial charge in [0.05, 0.1) is 17.7 Å². The molecular weight excluding hydrogens is 311 g/mol. The number of benzene rings is 1. The van der Waals surface area contributed by atoms with Crippen LogP contribution in [0.15, 0.2) is 35.0 Å². The van der Waals surface area contributed by atoms with Crippen molar-refractivity contribution >= 4 is 17.0 Å². The number of anilines is 1. The molecule has 1 fully saturated rings. The zero-order valence-corrected chi connectivity index (χ0v) is 12.4. The Morgan fingerprint density at radius 1 is 1.23 bits per heavy atom. The molecule has 4 rings (SSSR count). The van der Waals surface area contributed by atoms with Gasteiger partial charge in [0.1, 0.15) is 0 Å². The second-order valence-electron chi connectivity index (χ2n) is 5.72. The van der Waals surface area contributed by atoms with Gasteiger partial charge in [-0.2, -0.15) is 24.5 Å². The lowest BCUT2D eigenvalue weighted by Gasteiger charge is -2.36. The molecule has 1 aromatic carbocycles. The summed E-state index contributed by atoms with van der Waals surface area (Å²) >= 11 is 1.62. The number of hydrogen-bond acceptors (Lipinski definition) is 3. The Kier molecular flexibility index (Phi) is 3.20. The minimum Gasteiger partial charge on any atom is -0.378 e. The van der Waals surface area contributed by atoms with Crippen LogP contribution >= 0.6 is 11.3 Å². The zero-order chi connectivity index (χ0) is 15.3. The summed E-state index contributed by atoms with van der Waals surface area (Å²) in [6.45, 7) is 0.591. The van der Waals surface area contributed by atoms with Gasteiger partial charge in [-0.25, -0.2) is 0 Å². The number of ether oxygens (including phenoxy) is 1. The van der Waals surface area contributed by atoms with E-state index in [1.165, 1.54) is 17.7 Å². The Labute approximate surface area is 129 Å². The van der Waals surface area contributed by atoms with Gasteiger partial charge in [-0.3, -0.25) is 0 Å². The molecule has 0 aliphatic carbocycles. The van der Waals surface area contributed by atoms with E-state index in [4.69, 9.17) is 4.74 Å². The van der Waals surface area contributed by atoms with Gasteiger partial charge < -0.3 is 10.1 Å². The smallest absolute Gasteiger partial charge is 0.378 e. The van der Waals surface area contributed by atoms with Crippen molar-refractivity contribution in [3.63, 3.8) is 0 Å². The standard InChI is InChI=1S/C16H14F3NOS/c17-16(18,19)10-1-2-13-12(7-10)15-11(3-5-21-15)14(20-13)9-4-6-22-8-9/h1-2,4,6-8,11,14-15,20H,3,5H2. The van der Waals surface area contributed by atoms with E-state index in [1.807, 2.05) is 5.38 Å². The van der Waals surface area contributed by atoms with Crippen LogP contribution in [0, 0.1) is 5.92 Å². The summed E-state index contributed by atoms with van der Waals surface area (Å²) < 4.78 is 44.6. The Morgan fingerprint density at radius 2 is 2.09 bits per heavy atom. The highest BCUT2D eigenvalue weighted by molar-refractivity contribution is 7.08. The number of nitrogens with one attached hydrogen (secondary N) is 1. The lowest BCUT2D eigenvalue weighted by atomic mass is 9.81. The van der Waals surface area contributed by atoms with Crippen LogP contribution in [0.1, 0.15) is 35.3 Å². The molecule has 1 aromatic heterocycles. The van der Waals surface area contributed by atoms with Crippen LogP contribution in [-0.2, 0) is 10.9 Å². The van der Waals surface area contributed by atoms with Gasteiger partial charge >= 0.3 is 6.18 Å². The molecule has 0 spiro atoms. The summed E-state index contributed by atoms with van der Waals surface area (Å²) in [4.78, 5) is 0. The molecule has 0 radical (unpaired) electrons. The summed E-state index contributed by atoms with van der Waals surface area (Å²) in [5.41, 5.74) is 1.93. The van der Waals surface area contributed by atoms with E-state index in [9.17, 15) is 13.2 Å². The highest BCUT2D eigenvalue weighted by Gasteiger charge is 2.42. The molecule has 0 amide bonds. The van der Waals surface area contributed by atoms with Crippen molar-refractivity contribution in [2.75, 3.05) is 11.9 Å². The summed E-state index contributed by atoms with van der Waals surface area (Å²) in [7, 11) is 0. The van der Waals surface area contributed by atoms with Crippen molar-refractivity contribution in [2.45, 2.75) is 24.7 Å². The Morgan fingerprint density at radius 3 is 2.82 bits per heavy atom. The molecule has 1 saturated heterocycles. The largest absolute Gasteiger partial charge is 0.416 e. The molecular formula is C16H14F3NOS. The van der Waals surface area contributed by atoms with Crippen LogP contribution < -0.4 is 5.32 Å². The second kappa shape index (κ2) is 4.99. The lowest BCUT2D eigenvalue weighted by molar-refractivity contribution is -0.137. The number of rotatable bonds is 1. The van der Waals surface area contributed by atoms with Crippen LogP contribution in [0.2, 0.25) is 0 Å². The molecule has 22 heavy (non-hydrogen) atoms. The highest BCUT2D eigenvalue weighted by atomic mass is 32.1. The fraction of sp³-hybridized carbons (Fsp3) is 0.375. The Hall–Kier alpha value is -1.53. The highest BCUT2D eigenvalue weighted by Crippen LogP contribution is 2.51. The van der Waals surface area contributed by atoms with Crippen molar-refractivity contribution in [1.29, 1.82) is 0 Å². The molecule has 3 heterocycles. The monoisotopic (exact) mass is 325 g/mol. The minimum absolute atomic E-state index is 0.1000. The topological polar surface area (TPSA) is 21.3 Å². The van der Waals surface area contributed by atoms with Crippen molar-refractivity contribution in [1.82, 2.24) is 0 Å². The van der Waals surface area contributed by atoms with Gasteiger partial charge in [-0.15, -0.1) is 0 Å². The van der Waals surface area contributed by atoms with E-state index in [0.29, 0.717) is 12.2 Å². The van der Waals surface area contributed by atoms with E-state index in [1.54, 1.807) is 11.3 Å². The van der Waals surface area contributed by atoms with Crippen molar-refractivity contribution in [3.8, 4) is 0 Å². The second-order valence-corrected chi connectivity index (χ2v) is 6.50. The first-order chi connectivity index (χ1) is 10.5. The minimum atomic E-state index is -4.33. The molecule has 1 N–H and O–H groups in total. The van der Waals surface area contributed by atoms with Gasteiger partial charge in [0.15, 0.2) is 0 Å². The Balaban J connectivity index is 1.77. The fourth-order valence-corrected chi connectivity index (χ4v) is 4.13. The van der Waals surface area contributed by atoms with Crippen molar-refractivity contribution in [2.24, 2.45) is 5.92 Å². The molecule has 2 nitrogen and oxygen atoms in total. The third kappa shape index (κ3) is 2.21. The van der Waals surface area contributed by atoms with Gasteiger partial charge in [0.25, 0.3) is 0 Å². The maximum Gasteiger partial charge on any atom is 0.416 e. The predicted molar refractivity (Wildman–Crippen MR) is 78.9 cm³/mol. The molecule has 116 valence electrons. The summed E-state index contributed by atoms with van der Waals surface area (Å²) in [5.74, 6) is 0.172. The SMILES string of the molecule is FC(F)(F)c1ccc2c(c1)C1OCCC1C(c1ccsc1)N2. The molecule has 3 unspecified atom stereocenters. The van der Waals surface area contributed by atoms with Crippen LogP contribution in [0.3, 0.4) is 0 Å². The van der Waals surface area contributed by atoms with E-state index in [-0.39, 0.29) is 18.1 Å². The molecule has 2 aliphatic heterocycles. The lowest BCUT2D eigenvalue weighted by Crippen LogP contribution is -2.29. The first-order valence-corrected chi connectivity index (χ1v) is 8.10. The molecule has 2 aliphatic rings. The normalized spacial score (nSPS) is 27.1. The van der Waals surface area contributed by atoms with Crippen LogP contribution in [-0.4, -0.2) is 6.61 Å². The maximum atomic E-state index is 12.9. The van der Waals surface area contributed by atoms with Crippen LogP contribution in [0.5, 0.6) is 0 Å². The number of alkyl halides is 3. The zero-order valence-electron chi connectivity index (χ0n) is 11.6. The van der Waals surface area contributed by atoms with E-state index in [0.717, 1.165) is 18.2 Å². The van der Waals surface area contributed by atoms with Gasteiger partial charge in [0.2, 0.25) is 0 Å². The van der Waals surface area contributed by atoms with Crippen LogP contribution in [0.25, 0.3) is 0 Å².